The summed E-state index contributed by atoms with van der Waals surface area (Å²) in [6.07, 6.45) is -0.0437. The molecule has 7 heteroatoms. The molecule has 0 fully saturated rings. The molecular formula is C17H15Cl2NO4. The third-order valence-corrected chi connectivity index (χ3v) is 3.68. The number of amides is 1. The highest BCUT2D eigenvalue weighted by atomic mass is 35.5. The maximum absolute atomic E-state index is 11.9. The number of para-hydroxylation sites is 2. The fraction of sp³-hybridized carbons (Fsp3) is 0.176. The van der Waals surface area contributed by atoms with E-state index in [0.717, 1.165) is 0 Å². The molecule has 2 aromatic rings. The van der Waals surface area contributed by atoms with Crippen LogP contribution in [0.4, 0.5) is 5.69 Å². The Morgan fingerprint density at radius 1 is 1.12 bits per heavy atom. The molecule has 5 nitrogen and oxygen atoms in total. The van der Waals surface area contributed by atoms with E-state index in [1.54, 1.807) is 42.5 Å². The van der Waals surface area contributed by atoms with Crippen LogP contribution in [0, 0.1) is 0 Å². The summed E-state index contributed by atoms with van der Waals surface area (Å²) in [5, 5.41) is 3.47. The highest BCUT2D eigenvalue weighted by molar-refractivity contribution is 6.35. The maximum atomic E-state index is 11.9. The van der Waals surface area contributed by atoms with Crippen LogP contribution in [-0.2, 0) is 20.7 Å². The van der Waals surface area contributed by atoms with Gasteiger partial charge in [-0.3, -0.25) is 9.59 Å². The molecule has 1 amide bonds. The molecule has 0 aliphatic carbocycles. The van der Waals surface area contributed by atoms with Crippen molar-refractivity contribution < 1.29 is 19.1 Å². The Hall–Kier alpha value is -2.24. The monoisotopic (exact) mass is 367 g/mol. The van der Waals surface area contributed by atoms with E-state index >= 15 is 0 Å². The number of ether oxygens (including phenoxy) is 2. The van der Waals surface area contributed by atoms with Crippen molar-refractivity contribution in [3.8, 4) is 5.75 Å². The molecule has 0 bridgehead atoms. The zero-order chi connectivity index (χ0) is 17.5. The van der Waals surface area contributed by atoms with E-state index in [4.69, 9.17) is 32.7 Å². The van der Waals surface area contributed by atoms with Crippen molar-refractivity contribution in [2.24, 2.45) is 0 Å². The van der Waals surface area contributed by atoms with Gasteiger partial charge in [0, 0.05) is 10.0 Å². The van der Waals surface area contributed by atoms with Crippen molar-refractivity contribution in [2.75, 3.05) is 19.0 Å². The number of rotatable bonds is 6. The van der Waals surface area contributed by atoms with Crippen LogP contribution in [0.5, 0.6) is 5.75 Å². The number of hydrogen-bond donors (Lipinski definition) is 1. The van der Waals surface area contributed by atoms with E-state index in [9.17, 15) is 9.59 Å². The standard InChI is InChI=1S/C17H15Cl2NO4/c1-23-15-5-3-2-4-14(15)20-16(21)10-24-17(22)8-11-6-7-12(18)9-13(11)19/h2-7,9H,8,10H2,1H3,(H,20,21). The number of hydrogen-bond acceptors (Lipinski definition) is 4. The van der Waals surface area contributed by atoms with Gasteiger partial charge in [-0.15, -0.1) is 0 Å². The molecule has 2 rings (SSSR count). The number of benzene rings is 2. The molecule has 126 valence electrons. The highest BCUT2D eigenvalue weighted by Crippen LogP contribution is 2.23. The van der Waals surface area contributed by atoms with Gasteiger partial charge in [-0.1, -0.05) is 41.4 Å². The summed E-state index contributed by atoms with van der Waals surface area (Å²) in [5.74, 6) is -0.505. The lowest BCUT2D eigenvalue weighted by atomic mass is 10.1. The summed E-state index contributed by atoms with van der Waals surface area (Å²) in [6.45, 7) is -0.401. The van der Waals surface area contributed by atoms with E-state index in [-0.39, 0.29) is 6.42 Å². The minimum absolute atomic E-state index is 0.0437. The number of esters is 1. The van der Waals surface area contributed by atoms with Gasteiger partial charge < -0.3 is 14.8 Å². The average molecular weight is 368 g/mol. The molecule has 24 heavy (non-hydrogen) atoms. The summed E-state index contributed by atoms with van der Waals surface area (Å²) < 4.78 is 10.1. The van der Waals surface area contributed by atoms with E-state index in [1.807, 2.05) is 0 Å². The van der Waals surface area contributed by atoms with Crippen molar-refractivity contribution in [3.05, 3.63) is 58.1 Å². The van der Waals surface area contributed by atoms with Crippen molar-refractivity contribution in [1.82, 2.24) is 0 Å². The average Bonchev–Trinajstić information content (AvgIpc) is 2.56. The van der Waals surface area contributed by atoms with Gasteiger partial charge in [0.2, 0.25) is 0 Å². The third-order valence-electron chi connectivity index (χ3n) is 3.10. The predicted octanol–water partition coefficient (Wildman–Crippen LogP) is 3.73. The molecule has 0 saturated carbocycles. The van der Waals surface area contributed by atoms with Gasteiger partial charge in [-0.25, -0.2) is 0 Å². The van der Waals surface area contributed by atoms with Gasteiger partial charge >= 0.3 is 5.97 Å². The lowest BCUT2D eigenvalue weighted by molar-refractivity contribution is -0.146. The number of carbonyl (C=O) groups excluding carboxylic acids is 2. The normalized spacial score (nSPS) is 10.1. The lowest BCUT2D eigenvalue weighted by Crippen LogP contribution is -2.22. The van der Waals surface area contributed by atoms with Crippen LogP contribution >= 0.6 is 23.2 Å². The van der Waals surface area contributed by atoms with E-state index in [0.29, 0.717) is 27.0 Å². The zero-order valence-corrected chi connectivity index (χ0v) is 14.4. The molecule has 1 N–H and O–H groups in total. The van der Waals surface area contributed by atoms with E-state index < -0.39 is 18.5 Å². The van der Waals surface area contributed by atoms with E-state index in [1.165, 1.54) is 7.11 Å². The van der Waals surface area contributed by atoms with Crippen LogP contribution in [0.3, 0.4) is 0 Å². The number of methoxy groups -OCH3 is 1. The summed E-state index contributed by atoms with van der Waals surface area (Å²) >= 11 is 11.8. The van der Waals surface area contributed by atoms with Crippen molar-refractivity contribution in [1.29, 1.82) is 0 Å². The summed E-state index contributed by atoms with van der Waals surface area (Å²) in [6, 6.07) is 11.7. The fourth-order valence-corrected chi connectivity index (χ4v) is 2.43. The molecule has 0 atom stereocenters. The Bertz CT molecular complexity index is 749. The first kappa shape index (κ1) is 18.1. The first-order chi connectivity index (χ1) is 11.5. The largest absolute Gasteiger partial charge is 0.495 e. The fourth-order valence-electron chi connectivity index (χ4n) is 1.95. The number of carbonyl (C=O) groups is 2. The molecule has 0 spiro atoms. The van der Waals surface area contributed by atoms with Gasteiger partial charge in [0.05, 0.1) is 19.2 Å². The quantitative estimate of drug-likeness (QED) is 0.790. The second kappa shape index (κ2) is 8.57. The molecule has 0 aliphatic rings. The number of anilines is 1. The molecule has 0 saturated heterocycles. The van der Waals surface area contributed by atoms with Gasteiger partial charge in [-0.05, 0) is 29.8 Å². The number of nitrogens with one attached hydrogen (secondary N) is 1. The van der Waals surface area contributed by atoms with Crippen molar-refractivity contribution in [2.45, 2.75) is 6.42 Å². The Labute approximate surface area is 149 Å². The van der Waals surface area contributed by atoms with Crippen LogP contribution in [0.15, 0.2) is 42.5 Å². The summed E-state index contributed by atoms with van der Waals surface area (Å²) in [4.78, 5) is 23.7. The van der Waals surface area contributed by atoms with Crippen molar-refractivity contribution >= 4 is 40.8 Å². The summed E-state index contributed by atoms with van der Waals surface area (Å²) in [7, 11) is 1.50. The molecular weight excluding hydrogens is 353 g/mol. The SMILES string of the molecule is COc1ccccc1NC(=O)COC(=O)Cc1ccc(Cl)cc1Cl. The highest BCUT2D eigenvalue weighted by Gasteiger charge is 2.12. The van der Waals surface area contributed by atoms with E-state index in [2.05, 4.69) is 5.32 Å². The minimum atomic E-state index is -0.561. The second-order valence-corrected chi connectivity index (χ2v) is 5.67. The molecule has 0 radical (unpaired) electrons. The van der Waals surface area contributed by atoms with Gasteiger partial charge in [0.25, 0.3) is 5.91 Å². The molecule has 2 aromatic carbocycles. The van der Waals surface area contributed by atoms with Crippen LogP contribution in [-0.4, -0.2) is 25.6 Å². The van der Waals surface area contributed by atoms with Gasteiger partial charge in [0.1, 0.15) is 5.75 Å². The minimum Gasteiger partial charge on any atom is -0.495 e. The first-order valence-electron chi connectivity index (χ1n) is 7.02. The summed E-state index contributed by atoms with van der Waals surface area (Å²) in [5.41, 5.74) is 1.08. The smallest absolute Gasteiger partial charge is 0.310 e. The first-order valence-corrected chi connectivity index (χ1v) is 7.77. The Morgan fingerprint density at radius 2 is 1.88 bits per heavy atom. The third kappa shape index (κ3) is 5.15. The van der Waals surface area contributed by atoms with Crippen LogP contribution in [0.25, 0.3) is 0 Å². The molecule has 0 aromatic heterocycles. The Balaban J connectivity index is 1.86. The maximum Gasteiger partial charge on any atom is 0.310 e. The molecule has 0 aliphatic heterocycles. The second-order valence-electron chi connectivity index (χ2n) is 4.82. The number of halogens is 2. The lowest BCUT2D eigenvalue weighted by Gasteiger charge is -2.10. The van der Waals surface area contributed by atoms with Crippen molar-refractivity contribution in [3.63, 3.8) is 0 Å². The molecule has 0 heterocycles. The topological polar surface area (TPSA) is 64.6 Å². The zero-order valence-electron chi connectivity index (χ0n) is 12.8. The van der Waals surface area contributed by atoms with Crippen LogP contribution in [0.2, 0.25) is 10.0 Å². The Morgan fingerprint density at radius 3 is 2.58 bits per heavy atom. The predicted molar refractivity (Wildman–Crippen MR) is 92.7 cm³/mol. The van der Waals surface area contributed by atoms with Gasteiger partial charge in [-0.2, -0.15) is 0 Å². The van der Waals surface area contributed by atoms with Crippen LogP contribution < -0.4 is 10.1 Å². The Kier molecular flexibility index (Phi) is 6.46. The molecule has 0 unspecified atom stereocenters. The van der Waals surface area contributed by atoms with Crippen LogP contribution in [0.1, 0.15) is 5.56 Å². The van der Waals surface area contributed by atoms with Gasteiger partial charge in [0.15, 0.2) is 6.61 Å².